The first-order valence-electron chi connectivity index (χ1n) is 6.04. The predicted octanol–water partition coefficient (Wildman–Crippen LogP) is -1.77. The van der Waals surface area contributed by atoms with Crippen molar-refractivity contribution in [2.75, 3.05) is 40.4 Å². The molecule has 3 amide bonds. The highest BCUT2D eigenvalue weighted by Crippen LogP contribution is 1.91. The Bertz CT molecular complexity index is 336. The zero-order valence-corrected chi connectivity index (χ0v) is 11.6. The summed E-state index contributed by atoms with van der Waals surface area (Å²) >= 11 is 0. The fourth-order valence-electron chi connectivity index (χ4n) is 1.21. The molecule has 0 aliphatic heterocycles. The molecular weight excluding hydrogens is 270 g/mol. The highest BCUT2D eigenvalue weighted by Gasteiger charge is 2.15. The van der Waals surface area contributed by atoms with E-state index < -0.39 is 18.1 Å². The second-order valence-electron chi connectivity index (χ2n) is 4.07. The van der Waals surface area contributed by atoms with E-state index in [2.05, 4.69) is 10.6 Å². The van der Waals surface area contributed by atoms with Gasteiger partial charge in [-0.1, -0.05) is 0 Å². The van der Waals surface area contributed by atoms with Gasteiger partial charge in [-0.25, -0.2) is 9.59 Å². The third kappa shape index (κ3) is 8.27. The molecule has 0 heterocycles. The lowest BCUT2D eigenvalue weighted by molar-refractivity contribution is -0.146. The van der Waals surface area contributed by atoms with E-state index in [1.54, 1.807) is 0 Å². The normalized spacial score (nSPS) is 11.6. The molecule has 1 atom stereocenters. The average molecular weight is 291 g/mol. The van der Waals surface area contributed by atoms with E-state index >= 15 is 0 Å². The maximum Gasteiger partial charge on any atom is 0.332 e. The Hall–Kier alpha value is -1.87. The van der Waals surface area contributed by atoms with Crippen LogP contribution in [0.25, 0.3) is 0 Å². The SMILES string of the molecule is COCCNC(=O)CN(C)C(=O)NCC[C@H](O)C(=O)O. The van der Waals surface area contributed by atoms with Crippen LogP contribution >= 0.6 is 0 Å². The highest BCUT2D eigenvalue weighted by atomic mass is 16.5. The van der Waals surface area contributed by atoms with Crippen LogP contribution in [0.3, 0.4) is 0 Å². The van der Waals surface area contributed by atoms with E-state index in [4.69, 9.17) is 14.9 Å². The monoisotopic (exact) mass is 291 g/mol. The summed E-state index contributed by atoms with van der Waals surface area (Å²) in [7, 11) is 2.94. The van der Waals surface area contributed by atoms with Gasteiger partial charge in [0.1, 0.15) is 6.54 Å². The fourth-order valence-corrected chi connectivity index (χ4v) is 1.21. The van der Waals surface area contributed by atoms with Crippen molar-refractivity contribution in [1.82, 2.24) is 15.5 Å². The van der Waals surface area contributed by atoms with Crippen molar-refractivity contribution in [1.29, 1.82) is 0 Å². The predicted molar refractivity (Wildman–Crippen MR) is 69.2 cm³/mol. The van der Waals surface area contributed by atoms with Gasteiger partial charge in [-0.05, 0) is 0 Å². The number of aliphatic carboxylic acids is 1. The number of rotatable bonds is 9. The molecule has 0 unspecified atom stereocenters. The molecule has 9 nitrogen and oxygen atoms in total. The Balaban J connectivity index is 3.86. The number of carboxylic acid groups (broad SMARTS) is 1. The largest absolute Gasteiger partial charge is 0.479 e. The standard InChI is InChI=1S/C11H21N3O6/c1-14(7-9(16)12-5-6-20-2)11(19)13-4-3-8(15)10(17)18/h8,15H,3-7H2,1-2H3,(H,12,16)(H,13,19)(H,17,18)/t8-/m0/s1. The average Bonchev–Trinajstić information content (AvgIpc) is 2.38. The maximum atomic E-state index is 11.5. The first kappa shape index (κ1) is 18.1. The first-order valence-corrected chi connectivity index (χ1v) is 6.04. The van der Waals surface area contributed by atoms with Gasteiger partial charge in [0.25, 0.3) is 0 Å². The minimum Gasteiger partial charge on any atom is -0.479 e. The topological polar surface area (TPSA) is 128 Å². The summed E-state index contributed by atoms with van der Waals surface area (Å²) in [6, 6.07) is -0.524. The van der Waals surface area contributed by atoms with E-state index in [0.717, 1.165) is 4.90 Å². The molecule has 0 spiro atoms. The molecule has 20 heavy (non-hydrogen) atoms. The van der Waals surface area contributed by atoms with Crippen LogP contribution in [0.5, 0.6) is 0 Å². The lowest BCUT2D eigenvalue weighted by atomic mass is 10.2. The van der Waals surface area contributed by atoms with Gasteiger partial charge < -0.3 is 30.5 Å². The van der Waals surface area contributed by atoms with E-state index in [9.17, 15) is 14.4 Å². The first-order chi connectivity index (χ1) is 9.38. The van der Waals surface area contributed by atoms with Gasteiger partial charge in [0, 0.05) is 33.7 Å². The van der Waals surface area contributed by atoms with Crippen LogP contribution in [-0.4, -0.2) is 79.5 Å². The van der Waals surface area contributed by atoms with Crippen LogP contribution < -0.4 is 10.6 Å². The third-order valence-corrected chi connectivity index (χ3v) is 2.33. The minimum atomic E-state index is -1.52. The van der Waals surface area contributed by atoms with Gasteiger partial charge in [0.2, 0.25) is 5.91 Å². The second kappa shape index (κ2) is 9.98. The molecule has 4 N–H and O–H groups in total. The van der Waals surface area contributed by atoms with E-state index in [0.29, 0.717) is 13.2 Å². The van der Waals surface area contributed by atoms with Crippen molar-refractivity contribution in [2.45, 2.75) is 12.5 Å². The molecule has 0 rings (SSSR count). The lowest BCUT2D eigenvalue weighted by Gasteiger charge is -2.17. The van der Waals surface area contributed by atoms with Crippen molar-refractivity contribution >= 4 is 17.9 Å². The number of amides is 3. The number of likely N-dealkylation sites (N-methyl/N-ethyl adjacent to an activating group) is 1. The van der Waals surface area contributed by atoms with Crippen LogP contribution in [0.15, 0.2) is 0 Å². The van der Waals surface area contributed by atoms with Crippen molar-refractivity contribution < 1.29 is 29.3 Å². The van der Waals surface area contributed by atoms with Crippen LogP contribution in [0.1, 0.15) is 6.42 Å². The Morgan fingerprint density at radius 1 is 1.25 bits per heavy atom. The molecule has 0 bridgehead atoms. The molecule has 0 aromatic heterocycles. The van der Waals surface area contributed by atoms with E-state index in [1.165, 1.54) is 14.2 Å². The molecule has 9 heteroatoms. The number of urea groups is 1. The number of carboxylic acids is 1. The van der Waals surface area contributed by atoms with Crippen molar-refractivity contribution in [3.63, 3.8) is 0 Å². The summed E-state index contributed by atoms with van der Waals surface area (Å²) in [4.78, 5) is 34.4. The van der Waals surface area contributed by atoms with E-state index in [-0.39, 0.29) is 25.4 Å². The molecule has 0 aromatic carbocycles. The minimum absolute atomic E-state index is 0.00192. The summed E-state index contributed by atoms with van der Waals surface area (Å²) < 4.78 is 4.76. The van der Waals surface area contributed by atoms with Crippen LogP contribution in [0.4, 0.5) is 4.79 Å². The molecule has 0 radical (unpaired) electrons. The number of aliphatic hydroxyl groups is 1. The molecule has 0 saturated heterocycles. The number of aliphatic hydroxyl groups excluding tert-OH is 1. The highest BCUT2D eigenvalue weighted by molar-refractivity contribution is 5.83. The quantitative estimate of drug-likeness (QED) is 0.372. The van der Waals surface area contributed by atoms with Crippen molar-refractivity contribution in [3.05, 3.63) is 0 Å². The number of carbonyl (C=O) groups is 3. The van der Waals surface area contributed by atoms with Gasteiger partial charge in [0.15, 0.2) is 6.10 Å². The fraction of sp³-hybridized carbons (Fsp3) is 0.727. The summed E-state index contributed by atoms with van der Waals surface area (Å²) in [6.45, 7) is 0.614. The van der Waals surface area contributed by atoms with Crippen LogP contribution in [0.2, 0.25) is 0 Å². The van der Waals surface area contributed by atoms with Gasteiger partial charge in [-0.3, -0.25) is 4.79 Å². The summed E-state index contributed by atoms with van der Waals surface area (Å²) in [5, 5.41) is 22.4. The lowest BCUT2D eigenvalue weighted by Crippen LogP contribution is -2.44. The van der Waals surface area contributed by atoms with Gasteiger partial charge >= 0.3 is 12.0 Å². The number of nitrogens with zero attached hydrogens (tertiary/aromatic N) is 1. The summed E-state index contributed by atoms with van der Waals surface area (Å²) in [6.07, 6.45) is -1.62. The number of nitrogens with one attached hydrogen (secondary N) is 2. The van der Waals surface area contributed by atoms with Gasteiger partial charge in [-0.2, -0.15) is 0 Å². The van der Waals surface area contributed by atoms with Crippen LogP contribution in [0, 0.1) is 0 Å². The van der Waals surface area contributed by atoms with Crippen LogP contribution in [-0.2, 0) is 14.3 Å². The second-order valence-corrected chi connectivity index (χ2v) is 4.07. The number of hydrogen-bond donors (Lipinski definition) is 4. The zero-order chi connectivity index (χ0) is 15.5. The molecular formula is C11H21N3O6. The number of methoxy groups -OCH3 is 1. The van der Waals surface area contributed by atoms with Crippen molar-refractivity contribution in [2.24, 2.45) is 0 Å². The Morgan fingerprint density at radius 3 is 2.45 bits per heavy atom. The molecule has 0 aromatic rings. The smallest absolute Gasteiger partial charge is 0.332 e. The maximum absolute atomic E-state index is 11.5. The molecule has 0 saturated carbocycles. The van der Waals surface area contributed by atoms with Gasteiger partial charge in [0.05, 0.1) is 6.61 Å². The van der Waals surface area contributed by atoms with Crippen molar-refractivity contribution in [3.8, 4) is 0 Å². The van der Waals surface area contributed by atoms with Gasteiger partial charge in [-0.15, -0.1) is 0 Å². The third-order valence-electron chi connectivity index (χ3n) is 2.33. The Kier molecular flexibility index (Phi) is 9.05. The molecule has 116 valence electrons. The molecule has 0 fully saturated rings. The molecule has 0 aliphatic carbocycles. The zero-order valence-electron chi connectivity index (χ0n) is 11.6. The summed E-state index contributed by atoms with van der Waals surface area (Å²) in [5.41, 5.74) is 0. The Labute approximate surface area is 116 Å². The Morgan fingerprint density at radius 2 is 1.90 bits per heavy atom. The number of ether oxygens (including phenoxy) is 1. The molecule has 0 aliphatic rings. The number of hydrogen-bond acceptors (Lipinski definition) is 5. The van der Waals surface area contributed by atoms with E-state index in [1.807, 2.05) is 0 Å². The summed E-state index contributed by atoms with van der Waals surface area (Å²) in [5.74, 6) is -1.67. The number of carbonyl (C=O) groups excluding carboxylic acids is 2.